The summed E-state index contributed by atoms with van der Waals surface area (Å²) in [6.45, 7) is 0. The third kappa shape index (κ3) is 5.17. The van der Waals surface area contributed by atoms with Crippen molar-refractivity contribution in [2.24, 2.45) is 0 Å². The van der Waals surface area contributed by atoms with Crippen LogP contribution in [0.25, 0.3) is 11.6 Å². The number of phenolic OH excluding ortho intramolecular Hbond substituents is 1. The van der Waals surface area contributed by atoms with E-state index in [9.17, 15) is 19.1 Å². The second-order valence-corrected chi connectivity index (χ2v) is 7.41. The number of aromatic hydroxyl groups is 1. The Hall–Kier alpha value is -3.93. The van der Waals surface area contributed by atoms with Crippen molar-refractivity contribution >= 4 is 29.2 Å². The molecule has 4 rings (SSSR count). The van der Waals surface area contributed by atoms with E-state index >= 15 is 0 Å². The van der Waals surface area contributed by atoms with Crippen molar-refractivity contribution in [1.82, 2.24) is 5.32 Å². The highest BCUT2D eigenvalue weighted by Gasteiger charge is 2.25. The van der Waals surface area contributed by atoms with Crippen molar-refractivity contribution < 1.29 is 19.1 Å². The molecule has 0 bridgehead atoms. The number of phenols is 1. The van der Waals surface area contributed by atoms with Gasteiger partial charge in [-0.1, -0.05) is 36.4 Å². The van der Waals surface area contributed by atoms with Gasteiger partial charge in [-0.2, -0.15) is 0 Å². The maximum absolute atomic E-state index is 13.3. The fourth-order valence-electron chi connectivity index (χ4n) is 3.07. The summed E-state index contributed by atoms with van der Waals surface area (Å²) in [7, 11) is 0. The Kier molecular flexibility index (Phi) is 5.80. The van der Waals surface area contributed by atoms with E-state index in [0.29, 0.717) is 22.4 Å². The van der Waals surface area contributed by atoms with Crippen molar-refractivity contribution in [1.29, 1.82) is 0 Å². The Bertz CT molecular complexity index is 1130. The van der Waals surface area contributed by atoms with Gasteiger partial charge in [-0.25, -0.2) is 4.39 Å². The third-order valence-corrected chi connectivity index (χ3v) is 4.95. The Morgan fingerprint density at radius 1 is 0.903 bits per heavy atom. The number of carbonyl (C=O) groups excluding carboxylic acids is 2. The summed E-state index contributed by atoms with van der Waals surface area (Å²) in [5.41, 5.74) is 2.50. The van der Waals surface area contributed by atoms with Crippen LogP contribution in [0.2, 0.25) is 0 Å². The van der Waals surface area contributed by atoms with E-state index in [2.05, 4.69) is 10.6 Å². The van der Waals surface area contributed by atoms with Crippen LogP contribution in [0.5, 0.6) is 5.75 Å². The van der Waals surface area contributed by atoms with E-state index in [0.717, 1.165) is 18.4 Å². The van der Waals surface area contributed by atoms with Crippen LogP contribution in [0.1, 0.15) is 34.3 Å². The second kappa shape index (κ2) is 8.83. The molecule has 3 N–H and O–H groups in total. The molecular weight excluding hydrogens is 395 g/mol. The Morgan fingerprint density at radius 2 is 1.55 bits per heavy atom. The van der Waals surface area contributed by atoms with Crippen LogP contribution in [0.3, 0.4) is 0 Å². The number of amides is 2. The smallest absolute Gasteiger partial charge is 0.255 e. The second-order valence-electron chi connectivity index (χ2n) is 7.41. The molecule has 6 heteroatoms. The zero-order valence-electron chi connectivity index (χ0n) is 16.6. The van der Waals surface area contributed by atoms with Crippen LogP contribution in [-0.2, 0) is 4.79 Å². The lowest BCUT2D eigenvalue weighted by molar-refractivity contribution is -0.115. The summed E-state index contributed by atoms with van der Waals surface area (Å²) in [6, 6.07) is 19.2. The maximum atomic E-state index is 13.3. The lowest BCUT2D eigenvalue weighted by Gasteiger charge is -2.10. The Balaban J connectivity index is 1.56. The lowest BCUT2D eigenvalue weighted by Crippen LogP contribution is -2.26. The molecule has 1 saturated carbocycles. The number of anilines is 1. The van der Waals surface area contributed by atoms with Gasteiger partial charge in [-0.15, -0.1) is 0 Å². The first-order chi connectivity index (χ1) is 15.0. The zero-order chi connectivity index (χ0) is 21.8. The number of halogens is 1. The lowest BCUT2D eigenvalue weighted by atomic mass is 10.0. The van der Waals surface area contributed by atoms with Gasteiger partial charge in [0.05, 0.1) is 5.69 Å². The highest BCUT2D eigenvalue weighted by molar-refractivity contribution is 6.24. The van der Waals surface area contributed by atoms with Gasteiger partial charge in [0.2, 0.25) is 0 Å². The number of hydrogen-bond donors (Lipinski definition) is 3. The molecule has 3 aromatic rings. The summed E-state index contributed by atoms with van der Waals surface area (Å²) >= 11 is 0. The van der Waals surface area contributed by atoms with Gasteiger partial charge < -0.3 is 15.7 Å². The molecule has 3 aromatic carbocycles. The molecule has 5 nitrogen and oxygen atoms in total. The van der Waals surface area contributed by atoms with Crippen molar-refractivity contribution in [3.05, 3.63) is 95.3 Å². The number of rotatable bonds is 6. The van der Waals surface area contributed by atoms with E-state index in [1.165, 1.54) is 18.2 Å². The average molecular weight is 416 g/mol. The molecule has 31 heavy (non-hydrogen) atoms. The monoisotopic (exact) mass is 416 g/mol. The van der Waals surface area contributed by atoms with Crippen LogP contribution in [0.15, 0.2) is 72.8 Å². The first kappa shape index (κ1) is 20.3. The summed E-state index contributed by atoms with van der Waals surface area (Å²) in [6.07, 6.45) is 3.64. The third-order valence-electron chi connectivity index (χ3n) is 4.95. The van der Waals surface area contributed by atoms with Crippen molar-refractivity contribution in [3.63, 3.8) is 0 Å². The average Bonchev–Trinajstić information content (AvgIpc) is 3.59. The van der Waals surface area contributed by atoms with Crippen molar-refractivity contribution in [2.45, 2.75) is 18.9 Å². The fraction of sp³-hybridized carbons (Fsp3) is 0.120. The van der Waals surface area contributed by atoms with E-state index in [-0.39, 0.29) is 29.4 Å². The van der Waals surface area contributed by atoms with Crippen molar-refractivity contribution in [2.75, 3.05) is 5.32 Å². The molecule has 1 aliphatic rings. The Morgan fingerprint density at radius 3 is 2.19 bits per heavy atom. The molecule has 1 aliphatic carbocycles. The number of nitrogens with one attached hydrogen (secondary N) is 2. The van der Waals surface area contributed by atoms with E-state index in [4.69, 9.17) is 0 Å². The van der Waals surface area contributed by atoms with Gasteiger partial charge in [0, 0.05) is 17.2 Å². The normalized spacial score (nSPS) is 13.5. The van der Waals surface area contributed by atoms with Gasteiger partial charge in [-0.3, -0.25) is 9.59 Å². The molecule has 1 fully saturated rings. The SMILES string of the molecule is O=C(NC1CC1)/C(=C/c1ccc(C(=O)Nc2ccccc2O)cc1)c1ccc(F)cc1. The van der Waals surface area contributed by atoms with Gasteiger partial charge in [0.15, 0.2) is 0 Å². The number of benzene rings is 3. The van der Waals surface area contributed by atoms with Crippen molar-refractivity contribution in [3.8, 4) is 5.75 Å². The van der Waals surface area contributed by atoms with E-state index in [1.807, 2.05) is 0 Å². The Labute approximate surface area is 179 Å². The van der Waals surface area contributed by atoms with E-state index < -0.39 is 0 Å². The molecular formula is C25H21FN2O3. The highest BCUT2D eigenvalue weighted by Crippen LogP contribution is 2.25. The van der Waals surface area contributed by atoms with Crippen LogP contribution in [0, 0.1) is 5.82 Å². The first-order valence-electron chi connectivity index (χ1n) is 9.97. The number of para-hydroxylation sites is 2. The van der Waals surface area contributed by atoms with Gasteiger partial charge in [-0.05, 0) is 66.4 Å². The number of carbonyl (C=O) groups is 2. The van der Waals surface area contributed by atoms with E-state index in [1.54, 1.807) is 60.7 Å². The largest absolute Gasteiger partial charge is 0.506 e. The van der Waals surface area contributed by atoms with Gasteiger partial charge >= 0.3 is 0 Å². The van der Waals surface area contributed by atoms with Gasteiger partial charge in [0.25, 0.3) is 11.8 Å². The maximum Gasteiger partial charge on any atom is 0.255 e. The molecule has 0 aliphatic heterocycles. The van der Waals surface area contributed by atoms with Crippen LogP contribution in [-0.4, -0.2) is 23.0 Å². The minimum absolute atomic E-state index is 0.0129. The van der Waals surface area contributed by atoms with Crippen LogP contribution in [0.4, 0.5) is 10.1 Å². The summed E-state index contributed by atoms with van der Waals surface area (Å²) in [5.74, 6) is -0.954. The topological polar surface area (TPSA) is 78.4 Å². The molecule has 0 spiro atoms. The van der Waals surface area contributed by atoms with Crippen LogP contribution < -0.4 is 10.6 Å². The molecule has 0 unspecified atom stereocenters. The molecule has 156 valence electrons. The quantitative estimate of drug-likeness (QED) is 0.312. The predicted molar refractivity (Wildman–Crippen MR) is 118 cm³/mol. The van der Waals surface area contributed by atoms with Gasteiger partial charge in [0.1, 0.15) is 11.6 Å². The minimum atomic E-state index is -0.370. The standard InChI is InChI=1S/C25H21FN2O3/c26-19-11-9-17(10-12-19)21(25(31)27-20-13-14-20)15-16-5-7-18(8-6-16)24(30)28-22-3-1-2-4-23(22)29/h1-12,15,20,29H,13-14H2,(H,27,31)(H,28,30)/b21-15+. The molecule has 0 saturated heterocycles. The minimum Gasteiger partial charge on any atom is -0.506 e. The highest BCUT2D eigenvalue weighted by atomic mass is 19.1. The van der Waals surface area contributed by atoms with Crippen LogP contribution >= 0.6 is 0 Å². The zero-order valence-corrected chi connectivity index (χ0v) is 16.6. The molecule has 0 radical (unpaired) electrons. The summed E-state index contributed by atoms with van der Waals surface area (Å²) in [5, 5.41) is 15.4. The summed E-state index contributed by atoms with van der Waals surface area (Å²) in [4.78, 5) is 25.2. The molecule has 2 amide bonds. The predicted octanol–water partition coefficient (Wildman–Crippen LogP) is 4.60. The summed E-state index contributed by atoms with van der Waals surface area (Å²) < 4.78 is 13.3. The first-order valence-corrected chi connectivity index (χ1v) is 9.97. The number of hydrogen-bond acceptors (Lipinski definition) is 3. The molecule has 0 aromatic heterocycles. The fourth-order valence-corrected chi connectivity index (χ4v) is 3.07. The molecule has 0 heterocycles. The molecule has 0 atom stereocenters.